The van der Waals surface area contributed by atoms with E-state index >= 15 is 0 Å². The van der Waals surface area contributed by atoms with Gasteiger partial charge in [-0.25, -0.2) is 4.18 Å². The number of carboxylic acid groups (broad SMARTS) is 6. The third kappa shape index (κ3) is 51.6. The van der Waals surface area contributed by atoms with E-state index in [9.17, 15) is 57.6 Å². The van der Waals surface area contributed by atoms with E-state index in [-0.39, 0.29) is 139 Å². The van der Waals surface area contributed by atoms with Gasteiger partial charge in [0.15, 0.2) is 0 Å². The summed E-state index contributed by atoms with van der Waals surface area (Å²) >= 11 is -4.10. The Hall–Kier alpha value is 0.760. The molecule has 3 atom stereocenters. The molecule has 0 bridgehead atoms. The van der Waals surface area contributed by atoms with E-state index in [2.05, 4.69) is 19.0 Å². The predicted octanol–water partition coefficient (Wildman–Crippen LogP) is -19.8. The zero-order chi connectivity index (χ0) is 33.0. The summed E-state index contributed by atoms with van der Waals surface area (Å²) in [5.41, 5.74) is 4.84. The molecule has 0 aromatic carbocycles. The average Bonchev–Trinajstić information content (AvgIpc) is 2.76. The second-order valence-corrected chi connectivity index (χ2v) is 9.15. The number of rotatable bonds is 19. The maximum Gasteiger partial charge on any atom is 1.00 e. The average molecular weight is 754 g/mol. The zero-order valence-electron chi connectivity index (χ0n) is 24.5. The van der Waals surface area contributed by atoms with Crippen molar-refractivity contribution in [3.8, 4) is 0 Å². The van der Waals surface area contributed by atoms with Gasteiger partial charge >= 0.3 is 141 Å². The molecule has 0 aliphatic heterocycles. The molecule has 0 heterocycles. The van der Waals surface area contributed by atoms with Crippen LogP contribution >= 0.6 is 11.2 Å². The molecule has 23 nitrogen and oxygen atoms in total. The minimum absolute atomic E-state index is 0. The molecule has 0 aromatic heterocycles. The molecule has 0 saturated heterocycles. The van der Waals surface area contributed by atoms with Crippen LogP contribution in [0.5, 0.6) is 0 Å². The van der Waals surface area contributed by atoms with Gasteiger partial charge in [0.1, 0.15) is 6.04 Å². The van der Waals surface area contributed by atoms with Gasteiger partial charge in [-0.05, 0) is 0 Å². The van der Waals surface area contributed by atoms with Gasteiger partial charge in [-0.1, -0.05) is 7.43 Å². The number of hydrogen-bond acceptors (Lipinski definition) is 20. The number of aliphatic carboxylic acids is 6. The zero-order valence-corrected chi connectivity index (χ0v) is 34.1. The molecule has 0 amide bonds. The van der Waals surface area contributed by atoms with E-state index in [4.69, 9.17) is 34.2 Å². The summed E-state index contributed by atoms with van der Waals surface area (Å²) in [4.78, 5) is 61.2. The molecule has 0 aromatic rings. The van der Waals surface area contributed by atoms with Crippen LogP contribution in [0.4, 0.5) is 0 Å². The molecule has 0 radical (unpaired) electrons. The van der Waals surface area contributed by atoms with Crippen LogP contribution < -0.4 is 155 Å². The van der Waals surface area contributed by atoms with Crippen molar-refractivity contribution < 1.29 is 213 Å². The largest absolute Gasteiger partial charge is 1.00 e. The topological polar surface area (TPSA) is 419 Å². The first kappa shape index (κ1) is 65.2. The van der Waals surface area contributed by atoms with Crippen LogP contribution in [0.25, 0.3) is 0 Å². The minimum Gasteiger partial charge on any atom is -0.550 e. The van der Waals surface area contributed by atoms with Gasteiger partial charge in [0.25, 0.3) is 0 Å². The van der Waals surface area contributed by atoms with Crippen LogP contribution in [-0.4, -0.2) is 117 Å². The molecule has 46 heavy (non-hydrogen) atoms. The first-order chi connectivity index (χ1) is 18.5. The summed E-state index contributed by atoms with van der Waals surface area (Å²) in [5.74, 6) is -8.99. The Morgan fingerprint density at radius 2 is 1.00 bits per heavy atom. The number of nitrogens with two attached hydrogens (primary N) is 1. The van der Waals surface area contributed by atoms with Crippen molar-refractivity contribution in [3.63, 3.8) is 0 Å². The van der Waals surface area contributed by atoms with Crippen molar-refractivity contribution in [3.05, 3.63) is 0 Å². The molecule has 0 rings (SSSR count). The van der Waals surface area contributed by atoms with E-state index in [1.807, 2.05) is 0 Å². The second-order valence-electron chi connectivity index (χ2n) is 6.89. The van der Waals surface area contributed by atoms with Crippen molar-refractivity contribution in [2.45, 2.75) is 44.8 Å². The number of nitrogens with one attached hydrogen (secondary N) is 2. The van der Waals surface area contributed by atoms with Crippen molar-refractivity contribution in [2.24, 2.45) is 5.73 Å². The molecular weight excluding hydrogens is 722 g/mol. The monoisotopic (exact) mass is 753 g/mol. The summed E-state index contributed by atoms with van der Waals surface area (Å²) in [6.45, 7) is -1.49. The summed E-state index contributed by atoms with van der Waals surface area (Å²) in [5, 5.41) is 62.2. The number of hydrogen-bond donors (Lipinski definition) is 9. The second kappa shape index (κ2) is 35.6. The van der Waals surface area contributed by atoms with Crippen molar-refractivity contribution in [1.29, 1.82) is 0 Å². The molecule has 1 unspecified atom stereocenters. The fourth-order valence-electron chi connectivity index (χ4n) is 1.86. The van der Waals surface area contributed by atoms with Crippen molar-refractivity contribution in [2.75, 3.05) is 26.3 Å². The third-order valence-corrected chi connectivity index (χ3v) is 4.43. The van der Waals surface area contributed by atoms with E-state index < -0.39 is 108 Å². The Labute approximate surface area is 353 Å². The molecule has 0 aliphatic carbocycles. The molecule has 250 valence electrons. The van der Waals surface area contributed by atoms with Gasteiger partial charge in [-0.2, -0.15) is 8.42 Å². The molecule has 29 heteroatoms. The first-order valence-corrected chi connectivity index (χ1v) is 13.0. The van der Waals surface area contributed by atoms with Gasteiger partial charge in [0.05, 0.1) is 43.7 Å². The number of carbonyl (C=O) groups is 6. The first-order valence-electron chi connectivity index (χ1n) is 10.2. The standard InChI is InChI=1S/C10H16N2O8.C4H7NO4.C2H8O8S2.CH4.4Na/c13-7(14)3-5(9(17)18)11-1-2-12-6(10(19)20)4-8(15)16;5-2(4(8)9)1-3(6)7;3-11(4,5)9-1-2-10-12(6,7)8;;;;;/h5-6,11-12H,1-4H2,(H,13,14)(H,15,16)(H,17,18)(H,19,20);2H,1,5H2,(H,6,7)(H,8,9);3-5H,1-2H2,(H,6,7,8);1H4;;;;/q;;;;4*+1/p-4/t5-,6?;2-;;;;;;/m00....../s1. The van der Waals surface area contributed by atoms with E-state index in [1.165, 1.54) is 0 Å². The van der Waals surface area contributed by atoms with Crippen LogP contribution in [0.2, 0.25) is 0 Å². The molecule has 0 fully saturated rings. The van der Waals surface area contributed by atoms with Gasteiger partial charge < -0.3 is 66.2 Å². The van der Waals surface area contributed by atoms with Crippen molar-refractivity contribution in [1.82, 2.24) is 10.6 Å². The normalized spacial score (nSPS) is 12.1. The molecule has 0 saturated carbocycles. The Bertz CT molecular complexity index is 953. The minimum atomic E-state index is -4.56. The molecule has 0 aliphatic rings. The SMILES string of the molecule is C.N[C@@H](CC(=O)O)C(=O)O.O=C([O-])CC(NCCN[C@@H](CC(=O)[O-])C(=O)[O-])C(=O)[O-].O=S(=O)(O)OCCOS(O)(O)O.[Na+].[Na+].[Na+].[Na+]. The summed E-state index contributed by atoms with van der Waals surface area (Å²) in [6, 6.07) is -4.28. The fourth-order valence-corrected chi connectivity index (χ4v) is 2.43. The van der Waals surface area contributed by atoms with Crippen LogP contribution in [0.15, 0.2) is 0 Å². The maximum atomic E-state index is 10.5. The predicted molar refractivity (Wildman–Crippen MR) is 126 cm³/mol. The van der Waals surface area contributed by atoms with Crippen LogP contribution in [0.1, 0.15) is 26.7 Å². The van der Waals surface area contributed by atoms with E-state index in [0.717, 1.165) is 0 Å². The van der Waals surface area contributed by atoms with Crippen LogP contribution in [0, 0.1) is 0 Å². The van der Waals surface area contributed by atoms with E-state index in [0.29, 0.717) is 0 Å². The van der Waals surface area contributed by atoms with Crippen molar-refractivity contribution >= 4 is 57.4 Å². The van der Waals surface area contributed by atoms with Crippen LogP contribution in [0.3, 0.4) is 0 Å². The summed E-state index contributed by atoms with van der Waals surface area (Å²) < 4.78 is 59.7. The van der Waals surface area contributed by atoms with Gasteiger partial charge in [0.2, 0.25) is 11.2 Å². The van der Waals surface area contributed by atoms with Gasteiger partial charge in [-0.15, -0.1) is 0 Å². The van der Waals surface area contributed by atoms with Gasteiger partial charge in [-0.3, -0.25) is 32.0 Å². The summed E-state index contributed by atoms with van der Waals surface area (Å²) in [7, 11) is -4.56. The molecule has 10 N–H and O–H groups in total. The Morgan fingerprint density at radius 3 is 1.20 bits per heavy atom. The summed E-state index contributed by atoms with van der Waals surface area (Å²) in [6.07, 6.45) is -2.16. The Morgan fingerprint density at radius 1 is 0.674 bits per heavy atom. The van der Waals surface area contributed by atoms with Crippen LogP contribution in [-0.2, 0) is 47.5 Å². The third-order valence-electron chi connectivity index (χ3n) is 3.49. The Balaban J connectivity index is -0.0000000805. The number of carboxylic acids is 6. The smallest absolute Gasteiger partial charge is 0.550 e. The van der Waals surface area contributed by atoms with E-state index in [1.54, 1.807) is 0 Å². The quantitative estimate of drug-likeness (QED) is 0.0336. The number of carbonyl (C=O) groups excluding carboxylic acids is 4. The molecule has 0 spiro atoms. The fraction of sp³-hybridized carbons (Fsp3) is 0.647. The molecular formula is C17H31N3Na4O20S2. The Kier molecular flexibility index (Phi) is 50.4. The maximum absolute atomic E-state index is 10.5. The van der Waals surface area contributed by atoms with Gasteiger partial charge in [0, 0.05) is 37.9 Å².